The van der Waals surface area contributed by atoms with Crippen molar-refractivity contribution in [2.45, 2.75) is 72.0 Å². The van der Waals surface area contributed by atoms with E-state index in [0.29, 0.717) is 55.0 Å². The molecule has 0 aliphatic heterocycles. The van der Waals surface area contributed by atoms with Crippen LogP contribution in [0.2, 0.25) is 0 Å². The minimum absolute atomic E-state index is 0.000701. The maximum absolute atomic E-state index is 13.3. The third-order valence-corrected chi connectivity index (χ3v) is 17.1. The predicted molar refractivity (Wildman–Crippen MR) is 324 cm³/mol. The van der Waals surface area contributed by atoms with Gasteiger partial charge < -0.3 is 50.7 Å². The van der Waals surface area contributed by atoms with Crippen LogP contribution in [-0.4, -0.2) is 172 Å². The number of hydrogen-bond donors (Lipinski definition) is 10. The second kappa shape index (κ2) is 33.6. The number of H-pyrrole nitrogens is 1. The molecule has 0 aliphatic carbocycles. The zero-order chi connectivity index (χ0) is 64.5. The van der Waals surface area contributed by atoms with E-state index in [0.717, 1.165) is 18.1 Å². The van der Waals surface area contributed by atoms with Gasteiger partial charge in [0.15, 0.2) is 11.8 Å². The highest BCUT2D eigenvalue weighted by atomic mass is 32.2. The monoisotopic (exact) mass is 1300 g/mol. The highest BCUT2D eigenvalue weighted by Gasteiger charge is 2.27. The molecule has 33 heteroatoms. The molecular formula is C57H67N13O17S3. The number of carbonyl (C=O) groups excluding carboxylic acids is 3. The molecule has 90 heavy (non-hydrogen) atoms. The number of nitrogens with one attached hydrogen (secondary N) is 7. The van der Waals surface area contributed by atoms with Crippen LogP contribution in [-0.2, 0) is 71.8 Å². The molecule has 7 aromatic rings. The van der Waals surface area contributed by atoms with Crippen molar-refractivity contribution in [1.29, 1.82) is 0 Å². The molecule has 10 N–H and O–H groups in total. The van der Waals surface area contributed by atoms with Gasteiger partial charge in [-0.3, -0.25) is 28.4 Å². The number of aromatic nitrogens is 5. The van der Waals surface area contributed by atoms with Gasteiger partial charge in [0.1, 0.15) is 12.1 Å². The molecule has 7 rings (SSSR count). The number of carbonyl (C=O) groups is 5. The number of aliphatic carboxylic acids is 2. The van der Waals surface area contributed by atoms with Gasteiger partial charge in [-0.25, -0.2) is 36.3 Å². The Morgan fingerprint density at radius 2 is 1.30 bits per heavy atom. The van der Waals surface area contributed by atoms with Gasteiger partial charge in [0, 0.05) is 81.9 Å². The summed E-state index contributed by atoms with van der Waals surface area (Å²) in [4.78, 5) is 72.7. The van der Waals surface area contributed by atoms with Crippen molar-refractivity contribution in [3.05, 3.63) is 145 Å². The van der Waals surface area contributed by atoms with Gasteiger partial charge in [0.2, 0.25) is 26.0 Å². The first kappa shape index (κ1) is 68.6. The molecule has 2 atom stereocenters. The Hall–Kier alpha value is -8.93. The average molecular weight is 1300 g/mol. The first-order chi connectivity index (χ1) is 43.2. The lowest BCUT2D eigenvalue weighted by molar-refractivity contribution is -0.140. The van der Waals surface area contributed by atoms with Crippen LogP contribution in [0, 0.1) is 0 Å². The number of azo groups is 1. The number of imidazole rings is 1. The van der Waals surface area contributed by atoms with Crippen LogP contribution in [0.5, 0.6) is 0 Å². The van der Waals surface area contributed by atoms with E-state index in [4.69, 9.17) is 14.2 Å². The third-order valence-electron chi connectivity index (χ3n) is 13.2. The number of rotatable bonds is 39. The fourth-order valence-electron chi connectivity index (χ4n) is 8.51. The molecule has 0 fully saturated rings. The van der Waals surface area contributed by atoms with Gasteiger partial charge in [-0.15, -0.1) is 5.11 Å². The molecule has 0 bridgehead atoms. The van der Waals surface area contributed by atoms with Crippen LogP contribution in [0.25, 0.3) is 22.0 Å². The topological polar surface area (TPSA) is 432 Å². The molecule has 0 spiro atoms. The molecule has 0 saturated carbocycles. The minimum Gasteiger partial charge on any atom is -0.480 e. The highest BCUT2D eigenvalue weighted by Crippen LogP contribution is 2.24. The summed E-state index contributed by atoms with van der Waals surface area (Å²) >= 11 is 0. The molecule has 3 amide bonds. The van der Waals surface area contributed by atoms with E-state index >= 15 is 0 Å². The van der Waals surface area contributed by atoms with Gasteiger partial charge in [-0.05, 0) is 103 Å². The molecule has 0 saturated heterocycles. The number of hydrogen-bond acceptors (Lipinski definition) is 20. The fraction of sp³-hybridized carbons (Fsp3) is 0.333. The fourth-order valence-corrected chi connectivity index (χ4v) is 11.5. The number of ether oxygens (including phenoxy) is 3. The van der Waals surface area contributed by atoms with E-state index in [1.54, 1.807) is 59.7 Å². The molecule has 3 aromatic heterocycles. The van der Waals surface area contributed by atoms with Gasteiger partial charge >= 0.3 is 11.9 Å². The van der Waals surface area contributed by atoms with Crippen molar-refractivity contribution < 1.29 is 78.2 Å². The number of aromatic amines is 1. The highest BCUT2D eigenvalue weighted by molar-refractivity contribution is 7.89. The number of anilines is 1. The van der Waals surface area contributed by atoms with Crippen LogP contribution in [0.3, 0.4) is 0 Å². The van der Waals surface area contributed by atoms with E-state index in [9.17, 15) is 64.0 Å². The Morgan fingerprint density at radius 1 is 0.656 bits per heavy atom. The number of sulfonamides is 2. The number of aryl methyl sites for hydroxylation is 1. The number of benzene rings is 4. The van der Waals surface area contributed by atoms with Crippen LogP contribution < -0.4 is 30.7 Å². The minimum atomic E-state index is -4.46. The molecule has 0 radical (unpaired) electrons. The van der Waals surface area contributed by atoms with Crippen molar-refractivity contribution in [3.8, 4) is 11.1 Å². The molecule has 2 unspecified atom stereocenters. The van der Waals surface area contributed by atoms with Gasteiger partial charge in [0.25, 0.3) is 21.9 Å². The van der Waals surface area contributed by atoms with Crippen molar-refractivity contribution >= 4 is 82.5 Å². The first-order valence-electron chi connectivity index (χ1n) is 28.0. The zero-order valence-corrected chi connectivity index (χ0v) is 50.7. The normalized spacial score (nSPS) is 12.6. The molecule has 480 valence electrons. The third kappa shape index (κ3) is 21.4. The van der Waals surface area contributed by atoms with Gasteiger partial charge in [-0.1, -0.05) is 42.5 Å². The summed E-state index contributed by atoms with van der Waals surface area (Å²) in [5.41, 5.74) is 2.37. The molecule has 3 heterocycles. The summed E-state index contributed by atoms with van der Waals surface area (Å²) in [5, 5.41) is 43.1. The van der Waals surface area contributed by atoms with Gasteiger partial charge in [0.05, 0.1) is 64.9 Å². The van der Waals surface area contributed by atoms with Crippen molar-refractivity contribution in [1.82, 2.24) is 50.1 Å². The summed E-state index contributed by atoms with van der Waals surface area (Å²) in [6.07, 6.45) is 7.34. The van der Waals surface area contributed by atoms with Crippen LogP contribution in [0.1, 0.15) is 58.4 Å². The van der Waals surface area contributed by atoms with Crippen molar-refractivity contribution in [3.63, 3.8) is 0 Å². The lowest BCUT2D eigenvalue weighted by Gasteiger charge is -2.16. The summed E-state index contributed by atoms with van der Waals surface area (Å²) < 4.78 is 108. The summed E-state index contributed by atoms with van der Waals surface area (Å²) in [5.74, 6) is -3.90. The Kier molecular flexibility index (Phi) is 25.6. The van der Waals surface area contributed by atoms with E-state index in [1.807, 2.05) is 0 Å². The standard InChI is InChI=1S/C57H67N13O17S3/c71-52(21-18-47(55(74)75)67-54(73)43-13-20-51(62-35-43)68-64-36-42-6-1-2-7-50(42)90(82,83)84)58-23-4-28-85-30-32-87-33-31-86-29-5-24-66-88(78,79)45-14-8-39(9-15-45)40-10-16-46(17-11-40)89(80,81)69-48(56(76)77)38-63-53(72)41-12-19-49-44(34-41)37-65-70(49)27-3-22-59-57-60-25-26-61-57/h1-2,6-17,19-20,25-26,34-35,37,47-48,66,69H,3-5,18,21-24,27-33,36,38H2,(H,58,71)(H,63,72)(H,67,73)(H,74,75)(H,76,77)(H2,59,60,61)(H,82,83,84). The van der Waals surface area contributed by atoms with Crippen LogP contribution >= 0.6 is 0 Å². The van der Waals surface area contributed by atoms with E-state index in [1.165, 1.54) is 66.7 Å². The lowest BCUT2D eigenvalue weighted by atomic mass is 10.1. The Labute approximate surface area is 517 Å². The molecule has 4 aromatic carbocycles. The SMILES string of the molecule is O=C(CCC(NC(=O)c1ccc(N=NCc2ccccc2S(=O)(=O)O)nc1)C(=O)O)NCCCOCCOCCOCCCNS(=O)(=O)c1ccc(-c2ccc(S(=O)(=O)NC(CNC(=O)c3ccc4c(cnn4CCCNc4ncc[nH]4)c3)C(=O)O)cc2)cc1. The summed E-state index contributed by atoms with van der Waals surface area (Å²) in [6.45, 7) is 2.47. The molecule has 0 aliphatic rings. The van der Waals surface area contributed by atoms with Crippen LogP contribution in [0.4, 0.5) is 11.8 Å². The lowest BCUT2D eigenvalue weighted by Crippen LogP contribution is -2.48. The van der Waals surface area contributed by atoms with Gasteiger partial charge in [-0.2, -0.15) is 23.4 Å². The second-order valence-corrected chi connectivity index (χ2v) is 24.6. The zero-order valence-electron chi connectivity index (χ0n) is 48.3. The quantitative estimate of drug-likeness (QED) is 0.0148. The Morgan fingerprint density at radius 3 is 1.93 bits per heavy atom. The van der Waals surface area contributed by atoms with Crippen molar-refractivity contribution in [2.24, 2.45) is 10.2 Å². The summed E-state index contributed by atoms with van der Waals surface area (Å²) in [7, 11) is -12.7. The number of carboxylic acid groups (broad SMARTS) is 2. The molecular weight excluding hydrogens is 1230 g/mol. The average Bonchev–Trinajstić information content (AvgIpc) is 1.66. The number of amides is 3. The maximum atomic E-state index is 13.3. The van der Waals surface area contributed by atoms with E-state index < -0.39 is 78.5 Å². The smallest absolute Gasteiger partial charge is 0.326 e. The number of pyridine rings is 1. The van der Waals surface area contributed by atoms with Crippen molar-refractivity contribution in [2.75, 3.05) is 71.1 Å². The van der Waals surface area contributed by atoms with E-state index in [-0.39, 0.29) is 103 Å². The number of nitrogens with zero attached hydrogens (tertiary/aromatic N) is 6. The Bertz CT molecular complexity index is 3910. The first-order valence-corrected chi connectivity index (χ1v) is 32.4. The molecule has 30 nitrogen and oxygen atoms in total. The largest absolute Gasteiger partial charge is 0.480 e. The predicted octanol–water partition coefficient (Wildman–Crippen LogP) is 3.90. The maximum Gasteiger partial charge on any atom is 0.326 e. The number of fused-ring (bicyclic) bond motifs is 1. The van der Waals surface area contributed by atoms with E-state index in [2.05, 4.69) is 61.0 Å². The second-order valence-electron chi connectivity index (χ2n) is 19.7. The number of carboxylic acids is 2. The Balaban J connectivity index is 0.700. The van der Waals surface area contributed by atoms with Crippen LogP contribution in [0.15, 0.2) is 153 Å². The summed E-state index contributed by atoms with van der Waals surface area (Å²) in [6, 6.07) is 21.7.